The van der Waals surface area contributed by atoms with E-state index in [-0.39, 0.29) is 6.10 Å². The highest BCUT2D eigenvalue weighted by Crippen LogP contribution is 2.14. The molecule has 0 saturated carbocycles. The zero-order chi connectivity index (χ0) is 16.6. The summed E-state index contributed by atoms with van der Waals surface area (Å²) in [4.78, 5) is 2.34. The minimum Gasteiger partial charge on any atom is -0.491 e. The van der Waals surface area contributed by atoms with Crippen molar-refractivity contribution >= 4 is 6.08 Å². The Kier molecular flexibility index (Phi) is 5.73. The van der Waals surface area contributed by atoms with Gasteiger partial charge in [-0.1, -0.05) is 18.1 Å². The van der Waals surface area contributed by atoms with Gasteiger partial charge in [-0.3, -0.25) is 4.90 Å². The molecule has 4 heteroatoms. The van der Waals surface area contributed by atoms with Gasteiger partial charge in [0.2, 0.25) is 0 Å². The van der Waals surface area contributed by atoms with E-state index in [1.54, 1.807) is 6.26 Å². The van der Waals surface area contributed by atoms with Gasteiger partial charge in [0.05, 0.1) is 12.9 Å². The van der Waals surface area contributed by atoms with Gasteiger partial charge in [0.25, 0.3) is 0 Å². The fourth-order valence-electron chi connectivity index (χ4n) is 2.62. The lowest BCUT2D eigenvalue weighted by atomic mass is 10.2. The van der Waals surface area contributed by atoms with Crippen molar-refractivity contribution in [2.75, 3.05) is 32.8 Å². The van der Waals surface area contributed by atoms with Gasteiger partial charge in [0.1, 0.15) is 24.2 Å². The molecule has 3 rings (SSSR count). The zero-order valence-electron chi connectivity index (χ0n) is 13.6. The van der Waals surface area contributed by atoms with Crippen LogP contribution >= 0.6 is 0 Å². The largest absolute Gasteiger partial charge is 0.491 e. The van der Waals surface area contributed by atoms with Gasteiger partial charge in [0.15, 0.2) is 0 Å². The number of furan rings is 1. The number of benzene rings is 1. The van der Waals surface area contributed by atoms with Crippen molar-refractivity contribution in [2.24, 2.45) is 0 Å². The number of hydrogen-bond acceptors (Lipinski definition) is 4. The third-order valence-electron chi connectivity index (χ3n) is 3.85. The van der Waals surface area contributed by atoms with E-state index in [2.05, 4.69) is 16.9 Å². The Labute approximate surface area is 142 Å². The number of ether oxygens (including phenoxy) is 2. The molecule has 1 aromatic heterocycles. The van der Waals surface area contributed by atoms with E-state index in [9.17, 15) is 0 Å². The van der Waals surface area contributed by atoms with Crippen LogP contribution in [0.25, 0.3) is 6.08 Å². The molecule has 1 aromatic carbocycles. The summed E-state index contributed by atoms with van der Waals surface area (Å²) in [5.41, 5.74) is 0.821. The molecule has 2 heterocycles. The molecule has 124 valence electrons. The second-order valence-electron chi connectivity index (χ2n) is 5.65. The molecule has 24 heavy (non-hydrogen) atoms. The SMILES string of the molecule is C#Cc1cccc(OCC2CN(C/C=C\c3ccco3)CCO2)c1. The molecular formula is C20H21NO3. The third kappa shape index (κ3) is 4.76. The first-order valence-electron chi connectivity index (χ1n) is 8.07. The Morgan fingerprint density at radius 3 is 3.12 bits per heavy atom. The van der Waals surface area contributed by atoms with Crippen LogP contribution in [0.1, 0.15) is 11.3 Å². The first-order valence-corrected chi connectivity index (χ1v) is 8.07. The summed E-state index contributed by atoms with van der Waals surface area (Å²) in [5.74, 6) is 4.27. The topological polar surface area (TPSA) is 34.8 Å². The summed E-state index contributed by atoms with van der Waals surface area (Å²) in [7, 11) is 0. The van der Waals surface area contributed by atoms with Crippen molar-refractivity contribution in [2.45, 2.75) is 6.10 Å². The summed E-state index contributed by atoms with van der Waals surface area (Å²) in [6.07, 6.45) is 11.2. The number of nitrogens with zero attached hydrogens (tertiary/aromatic N) is 1. The molecule has 0 aliphatic carbocycles. The quantitative estimate of drug-likeness (QED) is 0.765. The van der Waals surface area contributed by atoms with Crippen LogP contribution in [-0.4, -0.2) is 43.9 Å². The second kappa shape index (κ2) is 8.39. The van der Waals surface area contributed by atoms with Gasteiger partial charge in [-0.2, -0.15) is 0 Å². The zero-order valence-corrected chi connectivity index (χ0v) is 13.6. The van der Waals surface area contributed by atoms with Crippen molar-refractivity contribution in [1.82, 2.24) is 4.90 Å². The molecule has 1 aliphatic heterocycles. The average molecular weight is 323 g/mol. The Morgan fingerprint density at radius 1 is 1.33 bits per heavy atom. The highest BCUT2D eigenvalue weighted by Gasteiger charge is 2.20. The number of rotatable bonds is 6. The lowest BCUT2D eigenvalue weighted by molar-refractivity contribution is -0.0446. The highest BCUT2D eigenvalue weighted by atomic mass is 16.5. The molecule has 1 fully saturated rings. The van der Waals surface area contributed by atoms with Crippen molar-refractivity contribution in [3.63, 3.8) is 0 Å². The second-order valence-corrected chi connectivity index (χ2v) is 5.65. The van der Waals surface area contributed by atoms with E-state index >= 15 is 0 Å². The van der Waals surface area contributed by atoms with Crippen molar-refractivity contribution in [3.05, 3.63) is 60.1 Å². The average Bonchev–Trinajstić information content (AvgIpc) is 3.14. The molecular weight excluding hydrogens is 302 g/mol. The molecule has 2 aromatic rings. The first-order chi connectivity index (χ1) is 11.8. The van der Waals surface area contributed by atoms with Crippen molar-refractivity contribution < 1.29 is 13.9 Å². The standard InChI is InChI=1S/C20H21NO3/c1-2-17-6-3-7-19(14-17)24-16-20-15-21(11-13-23-20)10-4-8-18-9-5-12-22-18/h1,3-9,12,14,20H,10-11,13,15-16H2/b8-4-. The maximum Gasteiger partial charge on any atom is 0.126 e. The van der Waals surface area contributed by atoms with Crippen LogP contribution in [0.2, 0.25) is 0 Å². The van der Waals surface area contributed by atoms with E-state index in [1.165, 1.54) is 0 Å². The molecule has 1 saturated heterocycles. The number of terminal acetylenes is 1. The van der Waals surface area contributed by atoms with Crippen LogP contribution in [0.5, 0.6) is 5.75 Å². The van der Waals surface area contributed by atoms with Gasteiger partial charge in [0, 0.05) is 25.2 Å². The molecule has 0 spiro atoms. The van der Waals surface area contributed by atoms with E-state index in [1.807, 2.05) is 42.5 Å². The fourth-order valence-corrected chi connectivity index (χ4v) is 2.62. The minimum absolute atomic E-state index is 0.0604. The smallest absolute Gasteiger partial charge is 0.126 e. The van der Waals surface area contributed by atoms with E-state index in [0.29, 0.717) is 13.2 Å². The molecule has 0 N–H and O–H groups in total. The van der Waals surface area contributed by atoms with Gasteiger partial charge in [-0.05, 0) is 36.4 Å². The molecule has 0 bridgehead atoms. The fraction of sp³-hybridized carbons (Fsp3) is 0.300. The lowest BCUT2D eigenvalue weighted by Crippen LogP contribution is -2.44. The summed E-state index contributed by atoms with van der Waals surface area (Å²) < 4.78 is 16.9. The highest BCUT2D eigenvalue weighted by molar-refractivity contribution is 5.42. The van der Waals surface area contributed by atoms with E-state index in [4.69, 9.17) is 20.3 Å². The molecule has 0 radical (unpaired) electrons. The van der Waals surface area contributed by atoms with Crippen molar-refractivity contribution in [3.8, 4) is 18.1 Å². The van der Waals surface area contributed by atoms with Gasteiger partial charge < -0.3 is 13.9 Å². The van der Waals surface area contributed by atoms with Crippen LogP contribution in [0.4, 0.5) is 0 Å². The Morgan fingerprint density at radius 2 is 2.29 bits per heavy atom. The van der Waals surface area contributed by atoms with Gasteiger partial charge >= 0.3 is 0 Å². The monoisotopic (exact) mass is 323 g/mol. The summed E-state index contributed by atoms with van der Waals surface area (Å²) in [6.45, 7) is 3.87. The maximum absolute atomic E-state index is 5.82. The molecule has 1 aliphatic rings. The summed E-state index contributed by atoms with van der Waals surface area (Å²) in [5, 5.41) is 0. The lowest BCUT2D eigenvalue weighted by Gasteiger charge is -2.32. The minimum atomic E-state index is 0.0604. The Hall–Kier alpha value is -2.48. The normalized spacial score (nSPS) is 18.5. The number of morpholine rings is 1. The van der Waals surface area contributed by atoms with E-state index < -0.39 is 0 Å². The molecule has 4 nitrogen and oxygen atoms in total. The van der Waals surface area contributed by atoms with Crippen LogP contribution in [-0.2, 0) is 4.74 Å². The van der Waals surface area contributed by atoms with Gasteiger partial charge in [-0.25, -0.2) is 0 Å². The van der Waals surface area contributed by atoms with Crippen LogP contribution in [0.3, 0.4) is 0 Å². The molecule has 1 unspecified atom stereocenters. The number of hydrogen-bond donors (Lipinski definition) is 0. The Balaban J connectivity index is 1.46. The molecule has 1 atom stereocenters. The van der Waals surface area contributed by atoms with Crippen LogP contribution in [0.15, 0.2) is 53.2 Å². The van der Waals surface area contributed by atoms with Crippen molar-refractivity contribution in [1.29, 1.82) is 0 Å². The van der Waals surface area contributed by atoms with Crippen LogP contribution < -0.4 is 4.74 Å². The predicted octanol–water partition coefficient (Wildman–Crippen LogP) is 3.05. The summed E-state index contributed by atoms with van der Waals surface area (Å²) in [6, 6.07) is 11.4. The summed E-state index contributed by atoms with van der Waals surface area (Å²) >= 11 is 0. The Bertz CT molecular complexity index is 700. The first kappa shape index (κ1) is 16.4. The van der Waals surface area contributed by atoms with Gasteiger partial charge in [-0.15, -0.1) is 6.42 Å². The third-order valence-corrected chi connectivity index (χ3v) is 3.85. The van der Waals surface area contributed by atoms with E-state index in [0.717, 1.165) is 36.7 Å². The molecule has 0 amide bonds. The predicted molar refractivity (Wildman–Crippen MR) is 93.8 cm³/mol. The van der Waals surface area contributed by atoms with Crippen LogP contribution in [0, 0.1) is 12.3 Å². The maximum atomic E-state index is 5.82.